The minimum atomic E-state index is -0.780. The molecule has 1 fully saturated rings. The summed E-state index contributed by atoms with van der Waals surface area (Å²) in [4.78, 5) is 16.8. The number of benzene rings is 2. The molecule has 1 heterocycles. The lowest BCUT2D eigenvalue weighted by atomic mass is 10.2. The maximum Gasteiger partial charge on any atom is 0.241 e. The number of hydrogen-bond donors (Lipinski definition) is 1. The fourth-order valence-corrected chi connectivity index (χ4v) is 3.33. The molecular formula is C22H27F2N3O3. The fraction of sp³-hybridized carbons (Fsp3) is 0.409. The molecule has 0 radical (unpaired) electrons. The van der Waals surface area contributed by atoms with E-state index in [1.165, 1.54) is 6.07 Å². The summed E-state index contributed by atoms with van der Waals surface area (Å²) in [6.45, 7) is 6.24. The van der Waals surface area contributed by atoms with Gasteiger partial charge in [0.25, 0.3) is 0 Å². The van der Waals surface area contributed by atoms with Crippen molar-refractivity contribution in [2.75, 3.05) is 51.8 Å². The Kier molecular flexibility index (Phi) is 7.59. The van der Waals surface area contributed by atoms with E-state index in [2.05, 4.69) is 15.1 Å². The van der Waals surface area contributed by atoms with Gasteiger partial charge in [-0.05, 0) is 43.3 Å². The smallest absolute Gasteiger partial charge is 0.241 e. The van der Waals surface area contributed by atoms with E-state index in [4.69, 9.17) is 9.47 Å². The Balaban J connectivity index is 1.40. The van der Waals surface area contributed by atoms with Crippen LogP contribution in [0.4, 0.5) is 14.5 Å². The molecular weight excluding hydrogens is 392 g/mol. The van der Waals surface area contributed by atoms with Crippen molar-refractivity contribution < 1.29 is 23.0 Å². The number of nitrogens with zero attached hydrogens (tertiary/aromatic N) is 2. The van der Waals surface area contributed by atoms with Crippen molar-refractivity contribution in [1.82, 2.24) is 9.80 Å². The van der Waals surface area contributed by atoms with Crippen LogP contribution in [0, 0.1) is 11.6 Å². The van der Waals surface area contributed by atoms with Crippen LogP contribution in [0.25, 0.3) is 0 Å². The fourth-order valence-electron chi connectivity index (χ4n) is 3.33. The van der Waals surface area contributed by atoms with Crippen LogP contribution in [0.1, 0.15) is 6.92 Å². The molecule has 0 aliphatic carbocycles. The molecule has 0 aromatic heterocycles. The highest BCUT2D eigenvalue weighted by molar-refractivity contribution is 5.94. The van der Waals surface area contributed by atoms with E-state index in [-0.39, 0.29) is 11.6 Å². The quantitative estimate of drug-likeness (QED) is 0.713. The number of anilines is 1. The number of carbonyl (C=O) groups is 1. The predicted molar refractivity (Wildman–Crippen MR) is 111 cm³/mol. The number of rotatable bonds is 8. The standard InChI is InChI=1S/C22H27F2N3O3/c1-16(22(28)25-21-8-3-17(23)15-20(21)24)27-11-9-26(10-12-27)13-14-30-19-6-4-18(29-2)5-7-19/h3-8,15-16H,9-14H2,1-2H3,(H,25,28)/t16-/m1/s1. The lowest BCUT2D eigenvalue weighted by molar-refractivity contribution is -0.121. The molecule has 0 unspecified atom stereocenters. The zero-order valence-corrected chi connectivity index (χ0v) is 17.2. The van der Waals surface area contributed by atoms with E-state index in [1.807, 2.05) is 24.3 Å². The van der Waals surface area contributed by atoms with Gasteiger partial charge >= 0.3 is 0 Å². The Labute approximate surface area is 175 Å². The highest BCUT2D eigenvalue weighted by atomic mass is 19.1. The summed E-state index contributed by atoms with van der Waals surface area (Å²) in [5, 5.41) is 2.54. The molecule has 3 rings (SSSR count). The molecule has 2 aromatic rings. The molecule has 1 saturated heterocycles. The number of nitrogens with one attached hydrogen (secondary N) is 1. The van der Waals surface area contributed by atoms with E-state index in [9.17, 15) is 13.6 Å². The molecule has 30 heavy (non-hydrogen) atoms. The molecule has 1 N–H and O–H groups in total. The van der Waals surface area contributed by atoms with Crippen LogP contribution in [-0.4, -0.2) is 68.2 Å². The third-order valence-electron chi connectivity index (χ3n) is 5.26. The van der Waals surface area contributed by atoms with Gasteiger partial charge in [-0.1, -0.05) is 0 Å². The van der Waals surface area contributed by atoms with Crippen molar-refractivity contribution in [2.24, 2.45) is 0 Å². The highest BCUT2D eigenvalue weighted by Crippen LogP contribution is 2.18. The first-order valence-electron chi connectivity index (χ1n) is 9.95. The number of amides is 1. The SMILES string of the molecule is COc1ccc(OCCN2CCN([C@H](C)C(=O)Nc3ccc(F)cc3F)CC2)cc1. The average Bonchev–Trinajstić information content (AvgIpc) is 2.76. The third kappa shape index (κ3) is 5.90. The van der Waals surface area contributed by atoms with Crippen molar-refractivity contribution in [3.8, 4) is 11.5 Å². The molecule has 1 amide bonds. The predicted octanol–water partition coefficient (Wildman–Crippen LogP) is 3.00. The van der Waals surface area contributed by atoms with E-state index in [0.717, 1.165) is 56.4 Å². The number of piperazine rings is 1. The van der Waals surface area contributed by atoms with Crippen LogP contribution in [-0.2, 0) is 4.79 Å². The van der Waals surface area contributed by atoms with E-state index in [1.54, 1.807) is 14.0 Å². The Morgan fingerprint density at radius 2 is 1.73 bits per heavy atom. The van der Waals surface area contributed by atoms with Gasteiger partial charge in [0.2, 0.25) is 5.91 Å². The molecule has 162 valence electrons. The van der Waals surface area contributed by atoms with Gasteiger partial charge in [0, 0.05) is 38.8 Å². The topological polar surface area (TPSA) is 54.0 Å². The van der Waals surface area contributed by atoms with Gasteiger partial charge in [-0.2, -0.15) is 0 Å². The van der Waals surface area contributed by atoms with Gasteiger partial charge in [0.05, 0.1) is 18.8 Å². The normalized spacial score (nSPS) is 16.1. The number of carbonyl (C=O) groups excluding carboxylic acids is 1. The second-order valence-corrected chi connectivity index (χ2v) is 7.19. The summed E-state index contributed by atoms with van der Waals surface area (Å²) in [6.07, 6.45) is 0. The zero-order valence-electron chi connectivity index (χ0n) is 17.2. The minimum absolute atomic E-state index is 0.0115. The second kappa shape index (κ2) is 10.4. The van der Waals surface area contributed by atoms with E-state index < -0.39 is 17.7 Å². The van der Waals surface area contributed by atoms with Crippen LogP contribution in [0.15, 0.2) is 42.5 Å². The summed E-state index contributed by atoms with van der Waals surface area (Å²) in [7, 11) is 1.63. The maximum atomic E-state index is 13.8. The zero-order chi connectivity index (χ0) is 21.5. The van der Waals surface area contributed by atoms with Crippen molar-refractivity contribution in [2.45, 2.75) is 13.0 Å². The molecule has 8 heteroatoms. The number of methoxy groups -OCH3 is 1. The first-order chi connectivity index (χ1) is 14.5. The monoisotopic (exact) mass is 419 g/mol. The summed E-state index contributed by atoms with van der Waals surface area (Å²) in [6, 6.07) is 10.2. The lowest BCUT2D eigenvalue weighted by Gasteiger charge is -2.37. The Morgan fingerprint density at radius 1 is 1.07 bits per heavy atom. The first kappa shape index (κ1) is 22.0. The van der Waals surface area contributed by atoms with Gasteiger partial charge in [0.1, 0.15) is 29.7 Å². The number of hydrogen-bond acceptors (Lipinski definition) is 5. The van der Waals surface area contributed by atoms with Crippen molar-refractivity contribution >= 4 is 11.6 Å². The lowest BCUT2D eigenvalue weighted by Crippen LogP contribution is -2.53. The van der Waals surface area contributed by atoms with Crippen molar-refractivity contribution in [3.05, 3.63) is 54.1 Å². The van der Waals surface area contributed by atoms with Gasteiger partial charge in [-0.3, -0.25) is 14.6 Å². The van der Waals surface area contributed by atoms with Gasteiger partial charge in [0.15, 0.2) is 0 Å². The van der Waals surface area contributed by atoms with E-state index >= 15 is 0 Å². The summed E-state index contributed by atoms with van der Waals surface area (Å²) < 4.78 is 37.7. The van der Waals surface area contributed by atoms with Crippen LogP contribution < -0.4 is 14.8 Å². The molecule has 0 bridgehead atoms. The summed E-state index contributed by atoms with van der Waals surface area (Å²) in [5.74, 6) is -0.175. The first-order valence-corrected chi connectivity index (χ1v) is 9.95. The van der Waals surface area contributed by atoms with Crippen molar-refractivity contribution in [1.29, 1.82) is 0 Å². The van der Waals surface area contributed by atoms with Crippen LogP contribution in [0.5, 0.6) is 11.5 Å². The average molecular weight is 419 g/mol. The van der Waals surface area contributed by atoms with Gasteiger partial charge in [-0.15, -0.1) is 0 Å². The van der Waals surface area contributed by atoms with Gasteiger partial charge < -0.3 is 14.8 Å². The minimum Gasteiger partial charge on any atom is -0.497 e. The molecule has 1 atom stereocenters. The second-order valence-electron chi connectivity index (χ2n) is 7.19. The third-order valence-corrected chi connectivity index (χ3v) is 5.26. The van der Waals surface area contributed by atoms with Crippen LogP contribution in [0.3, 0.4) is 0 Å². The van der Waals surface area contributed by atoms with E-state index in [0.29, 0.717) is 6.61 Å². The molecule has 6 nitrogen and oxygen atoms in total. The largest absolute Gasteiger partial charge is 0.497 e. The van der Waals surface area contributed by atoms with Crippen LogP contribution in [0.2, 0.25) is 0 Å². The maximum absolute atomic E-state index is 13.8. The summed E-state index contributed by atoms with van der Waals surface area (Å²) >= 11 is 0. The molecule has 1 aliphatic heterocycles. The Bertz CT molecular complexity index is 840. The highest BCUT2D eigenvalue weighted by Gasteiger charge is 2.26. The van der Waals surface area contributed by atoms with Crippen molar-refractivity contribution in [3.63, 3.8) is 0 Å². The molecule has 0 saturated carbocycles. The van der Waals surface area contributed by atoms with Gasteiger partial charge in [-0.25, -0.2) is 8.78 Å². The molecule has 0 spiro atoms. The number of halogens is 2. The molecule has 2 aromatic carbocycles. The summed E-state index contributed by atoms with van der Waals surface area (Å²) in [5.41, 5.74) is -0.0115. The molecule has 1 aliphatic rings. The Morgan fingerprint density at radius 3 is 2.37 bits per heavy atom. The Hall–Kier alpha value is -2.71. The number of ether oxygens (including phenoxy) is 2. The van der Waals surface area contributed by atoms with Crippen LogP contribution >= 0.6 is 0 Å².